The maximum absolute atomic E-state index is 6.85. The highest BCUT2D eigenvalue weighted by atomic mass is 16.6. The average molecular weight is 601 g/mol. The molecule has 0 saturated heterocycles. The zero-order valence-corrected chi connectivity index (χ0v) is 27.6. The molecule has 0 radical (unpaired) electrons. The summed E-state index contributed by atoms with van der Waals surface area (Å²) in [6.45, 7) is 19.4. The van der Waals surface area contributed by atoms with E-state index in [4.69, 9.17) is 41.9 Å². The SMILES string of the molecule is CC1=CC(C)(C(N)N)C2=C(Oc3cc4c(cc3O2)C2(CC4(C)C)CC(C)(C)c3cc4c(cc32)OC(C)C(C)O4)C1(C)C(N)N. The van der Waals surface area contributed by atoms with Crippen molar-refractivity contribution in [2.75, 3.05) is 0 Å². The third-order valence-corrected chi connectivity index (χ3v) is 11.7. The van der Waals surface area contributed by atoms with Crippen molar-refractivity contribution in [3.8, 4) is 23.0 Å². The number of nitrogens with two attached hydrogens (primary N) is 4. The van der Waals surface area contributed by atoms with Crippen LogP contribution in [0.4, 0.5) is 0 Å². The fourth-order valence-electron chi connectivity index (χ4n) is 8.77. The molecule has 44 heavy (non-hydrogen) atoms. The highest BCUT2D eigenvalue weighted by molar-refractivity contribution is 5.67. The first-order valence-electron chi connectivity index (χ1n) is 15.9. The van der Waals surface area contributed by atoms with E-state index < -0.39 is 23.2 Å². The molecule has 2 aromatic carbocycles. The summed E-state index contributed by atoms with van der Waals surface area (Å²) in [4.78, 5) is 0. The molecule has 3 aliphatic carbocycles. The van der Waals surface area contributed by atoms with Crippen molar-refractivity contribution < 1.29 is 18.9 Å². The van der Waals surface area contributed by atoms with Gasteiger partial charge in [-0.3, -0.25) is 0 Å². The predicted octanol–water partition coefficient (Wildman–Crippen LogP) is 5.33. The standard InChI is InChI=1S/C36H48N4O4/c1-17-14-34(8,30(37)38)28-29(35(17,9)31(39)40)44-26-11-21-23(13-27(26)43-28)36(16-33(21,6)7)15-32(4,5)20-10-24-25(12-22(20)36)42-19(3)18(2)41-24/h10-14,18-19,30-31H,15-16,37-40H2,1-9H3. The summed E-state index contributed by atoms with van der Waals surface area (Å²) < 4.78 is 26.4. The lowest BCUT2D eigenvalue weighted by atomic mass is 9.66. The molecule has 8 heteroatoms. The lowest BCUT2D eigenvalue weighted by Gasteiger charge is -2.48. The molecule has 0 fully saturated rings. The van der Waals surface area contributed by atoms with Crippen molar-refractivity contribution >= 4 is 0 Å². The lowest BCUT2D eigenvalue weighted by molar-refractivity contribution is 0.0427. The van der Waals surface area contributed by atoms with E-state index in [0.29, 0.717) is 23.0 Å². The molecule has 8 nitrogen and oxygen atoms in total. The van der Waals surface area contributed by atoms with Crippen LogP contribution in [0.1, 0.15) is 97.4 Å². The van der Waals surface area contributed by atoms with Gasteiger partial charge in [-0.25, -0.2) is 0 Å². The summed E-state index contributed by atoms with van der Waals surface area (Å²) in [6, 6.07) is 8.84. The molecule has 2 aliphatic heterocycles. The zero-order valence-electron chi connectivity index (χ0n) is 27.6. The monoisotopic (exact) mass is 600 g/mol. The number of benzene rings is 2. The first kappa shape index (κ1) is 29.7. The maximum Gasteiger partial charge on any atom is 0.169 e. The van der Waals surface area contributed by atoms with E-state index in [0.717, 1.165) is 29.9 Å². The second kappa shape index (κ2) is 8.81. The zero-order chi connectivity index (χ0) is 31.9. The minimum absolute atomic E-state index is 0.00514. The number of hydrogen-bond donors (Lipinski definition) is 4. The molecular formula is C36H48N4O4. The summed E-state index contributed by atoms with van der Waals surface area (Å²) in [5.74, 6) is 4.10. The predicted molar refractivity (Wildman–Crippen MR) is 172 cm³/mol. The minimum atomic E-state index is -0.812. The molecule has 236 valence electrons. The number of fused-ring (bicyclic) bond motifs is 6. The quantitative estimate of drug-likeness (QED) is 0.268. The van der Waals surface area contributed by atoms with Crippen LogP contribution in [0.2, 0.25) is 0 Å². The van der Waals surface area contributed by atoms with Crippen molar-refractivity contribution in [3.05, 3.63) is 69.7 Å². The van der Waals surface area contributed by atoms with Crippen LogP contribution in [0.15, 0.2) is 47.4 Å². The fourth-order valence-corrected chi connectivity index (χ4v) is 8.77. The number of rotatable bonds is 2. The Hall–Kier alpha value is -3.04. The van der Waals surface area contributed by atoms with Crippen LogP contribution >= 0.6 is 0 Å². The van der Waals surface area contributed by atoms with Crippen molar-refractivity contribution in [3.63, 3.8) is 0 Å². The molecule has 5 atom stereocenters. The van der Waals surface area contributed by atoms with Gasteiger partial charge in [0.05, 0.1) is 23.2 Å². The summed E-state index contributed by atoms with van der Waals surface area (Å²) >= 11 is 0. The smallest absolute Gasteiger partial charge is 0.169 e. The first-order valence-corrected chi connectivity index (χ1v) is 15.9. The van der Waals surface area contributed by atoms with Crippen LogP contribution in [0.3, 0.4) is 0 Å². The molecule has 0 amide bonds. The largest absolute Gasteiger partial charge is 0.483 e. The molecule has 8 N–H and O–H groups in total. The van der Waals surface area contributed by atoms with E-state index >= 15 is 0 Å². The third-order valence-electron chi connectivity index (χ3n) is 11.7. The third kappa shape index (κ3) is 3.65. The fraction of sp³-hybridized carbons (Fsp3) is 0.556. The van der Waals surface area contributed by atoms with Gasteiger partial charge in [0, 0.05) is 5.41 Å². The Kier molecular flexibility index (Phi) is 5.94. The van der Waals surface area contributed by atoms with Crippen molar-refractivity contribution in [2.45, 2.75) is 116 Å². The molecule has 0 saturated carbocycles. The molecule has 0 bridgehead atoms. The van der Waals surface area contributed by atoms with Crippen LogP contribution in [0.5, 0.6) is 23.0 Å². The van der Waals surface area contributed by atoms with E-state index in [1.807, 2.05) is 26.8 Å². The summed E-state index contributed by atoms with van der Waals surface area (Å²) in [5, 5.41) is 0. The van der Waals surface area contributed by atoms with Gasteiger partial charge in [0.2, 0.25) is 0 Å². The van der Waals surface area contributed by atoms with Gasteiger partial charge in [0.15, 0.2) is 34.5 Å². The Morgan fingerprint density at radius 3 is 1.55 bits per heavy atom. The van der Waals surface area contributed by atoms with Crippen molar-refractivity contribution in [2.24, 2.45) is 33.8 Å². The van der Waals surface area contributed by atoms with Gasteiger partial charge in [0.25, 0.3) is 0 Å². The summed E-state index contributed by atoms with van der Waals surface area (Å²) in [6.07, 6.45) is 2.47. The molecule has 5 unspecified atom stereocenters. The van der Waals surface area contributed by atoms with Crippen LogP contribution in [0.25, 0.3) is 0 Å². The van der Waals surface area contributed by atoms with Crippen LogP contribution < -0.4 is 41.9 Å². The molecule has 7 rings (SSSR count). The molecule has 1 spiro atoms. The summed E-state index contributed by atoms with van der Waals surface area (Å²) in [7, 11) is 0. The van der Waals surface area contributed by atoms with E-state index in [9.17, 15) is 0 Å². The summed E-state index contributed by atoms with van der Waals surface area (Å²) in [5.41, 5.74) is 29.7. The number of ether oxygens (including phenoxy) is 4. The first-order chi connectivity index (χ1) is 20.3. The van der Waals surface area contributed by atoms with Gasteiger partial charge in [-0.05, 0) is 105 Å². The Morgan fingerprint density at radius 1 is 0.636 bits per heavy atom. The van der Waals surface area contributed by atoms with Gasteiger partial charge >= 0.3 is 0 Å². The Bertz CT molecular complexity index is 1670. The molecule has 0 aromatic heterocycles. The van der Waals surface area contributed by atoms with E-state index in [1.165, 1.54) is 22.3 Å². The van der Waals surface area contributed by atoms with E-state index in [-0.39, 0.29) is 28.5 Å². The van der Waals surface area contributed by atoms with Gasteiger partial charge in [-0.15, -0.1) is 0 Å². The molecular weight excluding hydrogens is 552 g/mol. The normalized spacial score (nSPS) is 33.8. The van der Waals surface area contributed by atoms with Crippen molar-refractivity contribution in [1.29, 1.82) is 0 Å². The van der Waals surface area contributed by atoms with Gasteiger partial charge in [0.1, 0.15) is 12.2 Å². The Morgan fingerprint density at radius 2 is 1.07 bits per heavy atom. The van der Waals surface area contributed by atoms with E-state index in [1.54, 1.807) is 0 Å². The highest BCUT2D eigenvalue weighted by Crippen LogP contribution is 2.66. The van der Waals surface area contributed by atoms with Gasteiger partial charge in [-0.1, -0.05) is 39.3 Å². The maximum atomic E-state index is 6.85. The topological polar surface area (TPSA) is 141 Å². The molecule has 2 aromatic rings. The van der Waals surface area contributed by atoms with Gasteiger partial charge in [-0.2, -0.15) is 0 Å². The molecule has 5 aliphatic rings. The van der Waals surface area contributed by atoms with Crippen LogP contribution in [-0.2, 0) is 16.2 Å². The second-order valence-corrected chi connectivity index (χ2v) is 15.8. The van der Waals surface area contributed by atoms with Crippen LogP contribution in [0, 0.1) is 10.8 Å². The average Bonchev–Trinajstić information content (AvgIpc) is 3.28. The Balaban J connectivity index is 1.41. The van der Waals surface area contributed by atoms with Crippen LogP contribution in [-0.4, -0.2) is 24.5 Å². The molecule has 2 heterocycles. The van der Waals surface area contributed by atoms with E-state index in [2.05, 4.69) is 65.8 Å². The second-order valence-electron chi connectivity index (χ2n) is 15.8. The lowest BCUT2D eigenvalue weighted by Crippen LogP contribution is -2.57. The van der Waals surface area contributed by atoms with Crippen molar-refractivity contribution in [1.82, 2.24) is 0 Å². The van der Waals surface area contributed by atoms with Gasteiger partial charge < -0.3 is 41.9 Å². The minimum Gasteiger partial charge on any atom is -0.483 e. The Labute approximate surface area is 261 Å². The highest BCUT2D eigenvalue weighted by Gasteiger charge is 2.58. The number of hydrogen-bond acceptors (Lipinski definition) is 8.